The molecule has 5 heteroatoms. The maximum Gasteiger partial charge on any atom is 0.237 e. The van der Waals surface area contributed by atoms with Gasteiger partial charge in [0.05, 0.1) is 22.8 Å². The predicted octanol–water partition coefficient (Wildman–Crippen LogP) is 4.26. The highest BCUT2D eigenvalue weighted by Crippen LogP contribution is 2.28. The summed E-state index contributed by atoms with van der Waals surface area (Å²) in [6.45, 7) is 5.30. The van der Waals surface area contributed by atoms with Crippen LogP contribution in [0, 0.1) is 6.92 Å². The van der Waals surface area contributed by atoms with Crippen LogP contribution in [0.2, 0.25) is 0 Å². The van der Waals surface area contributed by atoms with E-state index in [0.29, 0.717) is 6.54 Å². The van der Waals surface area contributed by atoms with Crippen LogP contribution in [-0.2, 0) is 11.3 Å². The lowest BCUT2D eigenvalue weighted by atomic mass is 10.1. The molecule has 3 rings (SSSR count). The minimum Gasteiger partial charge on any atom is -0.335 e. The van der Waals surface area contributed by atoms with Crippen molar-refractivity contribution in [3.8, 4) is 0 Å². The standard InChI is InChI=1S/C21H25N3OS/c1-15-9-5-6-10-17(15)13-23(3)14-20(25)24(4)16(2)21-22-18-11-7-8-12-19(18)26-21/h5-12,16H,13-14H2,1-4H3/t16-/m1/s1. The van der Waals surface area contributed by atoms with Crippen LogP contribution in [0.3, 0.4) is 0 Å². The van der Waals surface area contributed by atoms with Crippen LogP contribution in [-0.4, -0.2) is 41.3 Å². The van der Waals surface area contributed by atoms with Crippen molar-refractivity contribution in [1.29, 1.82) is 0 Å². The van der Waals surface area contributed by atoms with Gasteiger partial charge in [-0.2, -0.15) is 0 Å². The zero-order valence-electron chi connectivity index (χ0n) is 15.8. The van der Waals surface area contributed by atoms with Crippen molar-refractivity contribution in [2.24, 2.45) is 0 Å². The predicted molar refractivity (Wildman–Crippen MR) is 108 cm³/mol. The molecule has 0 saturated carbocycles. The second-order valence-corrected chi connectivity index (χ2v) is 7.86. The summed E-state index contributed by atoms with van der Waals surface area (Å²) in [4.78, 5) is 21.3. The highest BCUT2D eigenvalue weighted by molar-refractivity contribution is 7.18. The fourth-order valence-corrected chi connectivity index (χ4v) is 3.99. The molecule has 1 amide bonds. The van der Waals surface area contributed by atoms with Gasteiger partial charge in [-0.3, -0.25) is 9.69 Å². The molecule has 0 N–H and O–H groups in total. The van der Waals surface area contributed by atoms with Crippen molar-refractivity contribution in [3.63, 3.8) is 0 Å². The maximum absolute atomic E-state index is 12.7. The third kappa shape index (κ3) is 4.11. The quantitative estimate of drug-likeness (QED) is 0.653. The molecule has 0 bridgehead atoms. The Hall–Kier alpha value is -2.24. The van der Waals surface area contributed by atoms with E-state index in [1.54, 1.807) is 16.2 Å². The van der Waals surface area contributed by atoms with Crippen molar-refractivity contribution >= 4 is 27.5 Å². The maximum atomic E-state index is 12.7. The van der Waals surface area contributed by atoms with Crippen LogP contribution < -0.4 is 0 Å². The van der Waals surface area contributed by atoms with E-state index in [1.807, 2.05) is 51.4 Å². The zero-order chi connectivity index (χ0) is 18.7. The first kappa shape index (κ1) is 18.5. The van der Waals surface area contributed by atoms with Crippen molar-refractivity contribution in [2.75, 3.05) is 20.6 Å². The first-order valence-corrected chi connectivity index (χ1v) is 9.61. The highest BCUT2D eigenvalue weighted by atomic mass is 32.1. The van der Waals surface area contributed by atoms with Crippen molar-refractivity contribution < 1.29 is 4.79 Å². The number of aryl methyl sites for hydroxylation is 1. The molecule has 2 aromatic carbocycles. The molecular formula is C21H25N3OS. The third-order valence-corrected chi connectivity index (χ3v) is 5.96. The average Bonchev–Trinajstić information content (AvgIpc) is 3.06. The number of carbonyl (C=O) groups excluding carboxylic acids is 1. The molecule has 0 aliphatic carbocycles. The summed E-state index contributed by atoms with van der Waals surface area (Å²) in [5.41, 5.74) is 3.50. The molecule has 0 unspecified atom stereocenters. The molecule has 1 aromatic heterocycles. The third-order valence-electron chi connectivity index (χ3n) is 4.75. The lowest BCUT2D eigenvalue weighted by Crippen LogP contribution is -2.37. The van der Waals surface area contributed by atoms with Gasteiger partial charge in [0, 0.05) is 13.6 Å². The number of para-hydroxylation sites is 1. The molecule has 0 fully saturated rings. The van der Waals surface area contributed by atoms with Gasteiger partial charge in [-0.15, -0.1) is 11.3 Å². The zero-order valence-corrected chi connectivity index (χ0v) is 16.6. The van der Waals surface area contributed by atoms with Gasteiger partial charge in [0.25, 0.3) is 0 Å². The highest BCUT2D eigenvalue weighted by Gasteiger charge is 2.21. The number of fused-ring (bicyclic) bond motifs is 1. The number of carbonyl (C=O) groups is 1. The Kier molecular flexibility index (Phi) is 5.69. The number of aromatic nitrogens is 1. The van der Waals surface area contributed by atoms with Crippen LogP contribution in [0.4, 0.5) is 0 Å². The number of amides is 1. The van der Waals surface area contributed by atoms with Gasteiger partial charge in [0.2, 0.25) is 5.91 Å². The van der Waals surface area contributed by atoms with E-state index in [9.17, 15) is 4.79 Å². The smallest absolute Gasteiger partial charge is 0.237 e. The fraction of sp³-hybridized carbons (Fsp3) is 0.333. The van der Waals surface area contributed by atoms with Gasteiger partial charge < -0.3 is 4.90 Å². The summed E-state index contributed by atoms with van der Waals surface area (Å²) in [5, 5.41) is 0.976. The average molecular weight is 368 g/mol. The summed E-state index contributed by atoms with van der Waals surface area (Å²) in [6.07, 6.45) is 0. The largest absolute Gasteiger partial charge is 0.335 e. The summed E-state index contributed by atoms with van der Waals surface area (Å²) in [5.74, 6) is 0.104. The van der Waals surface area contributed by atoms with E-state index in [-0.39, 0.29) is 11.9 Å². The van der Waals surface area contributed by atoms with E-state index in [0.717, 1.165) is 21.8 Å². The lowest BCUT2D eigenvalue weighted by Gasteiger charge is -2.26. The van der Waals surface area contributed by atoms with E-state index in [1.165, 1.54) is 11.1 Å². The number of rotatable bonds is 6. The molecule has 3 aromatic rings. The Morgan fingerprint density at radius 1 is 1.12 bits per heavy atom. The number of hydrogen-bond donors (Lipinski definition) is 0. The summed E-state index contributed by atoms with van der Waals surface area (Å²) >= 11 is 1.66. The van der Waals surface area contributed by atoms with Gasteiger partial charge in [0.15, 0.2) is 0 Å². The molecule has 0 aliphatic rings. The first-order chi connectivity index (χ1) is 12.5. The van der Waals surface area contributed by atoms with Crippen molar-refractivity contribution in [3.05, 3.63) is 64.7 Å². The van der Waals surface area contributed by atoms with Crippen LogP contribution >= 0.6 is 11.3 Å². The summed E-state index contributed by atoms with van der Waals surface area (Å²) < 4.78 is 1.16. The summed E-state index contributed by atoms with van der Waals surface area (Å²) in [7, 11) is 3.85. The fourth-order valence-electron chi connectivity index (χ4n) is 2.93. The van der Waals surface area contributed by atoms with E-state index < -0.39 is 0 Å². The molecule has 0 saturated heterocycles. The Balaban J connectivity index is 1.64. The number of nitrogens with zero attached hydrogens (tertiary/aromatic N) is 3. The minimum absolute atomic E-state index is 0.0354. The number of thiazole rings is 1. The molecule has 0 spiro atoms. The molecule has 26 heavy (non-hydrogen) atoms. The van der Waals surface area contributed by atoms with Crippen LogP contribution in [0.25, 0.3) is 10.2 Å². The van der Waals surface area contributed by atoms with Crippen LogP contribution in [0.15, 0.2) is 48.5 Å². The number of benzene rings is 2. The minimum atomic E-state index is -0.0354. The molecule has 136 valence electrons. The Bertz CT molecular complexity index is 872. The Morgan fingerprint density at radius 3 is 2.54 bits per heavy atom. The Labute approximate surface area is 159 Å². The molecule has 4 nitrogen and oxygen atoms in total. The second kappa shape index (κ2) is 7.98. The second-order valence-electron chi connectivity index (χ2n) is 6.80. The van der Waals surface area contributed by atoms with Gasteiger partial charge in [-0.25, -0.2) is 4.98 Å². The van der Waals surface area contributed by atoms with Gasteiger partial charge in [-0.1, -0.05) is 36.4 Å². The van der Waals surface area contributed by atoms with E-state index >= 15 is 0 Å². The Morgan fingerprint density at radius 2 is 1.81 bits per heavy atom. The molecule has 0 aliphatic heterocycles. The van der Waals surface area contributed by atoms with Gasteiger partial charge in [0.1, 0.15) is 5.01 Å². The summed E-state index contributed by atoms with van der Waals surface area (Å²) in [6, 6.07) is 16.4. The SMILES string of the molecule is Cc1ccccc1CN(C)CC(=O)N(C)[C@H](C)c1nc2ccccc2s1. The number of likely N-dealkylation sites (N-methyl/N-ethyl adjacent to an activating group) is 2. The molecule has 1 heterocycles. The first-order valence-electron chi connectivity index (χ1n) is 8.80. The molecule has 1 atom stereocenters. The lowest BCUT2D eigenvalue weighted by molar-refractivity contribution is -0.132. The van der Waals surface area contributed by atoms with Crippen LogP contribution in [0.1, 0.15) is 29.1 Å². The topological polar surface area (TPSA) is 36.4 Å². The number of hydrogen-bond acceptors (Lipinski definition) is 4. The molecular weight excluding hydrogens is 342 g/mol. The monoisotopic (exact) mass is 367 g/mol. The van der Waals surface area contributed by atoms with Gasteiger partial charge in [-0.05, 0) is 44.2 Å². The van der Waals surface area contributed by atoms with E-state index in [2.05, 4.69) is 35.0 Å². The van der Waals surface area contributed by atoms with Crippen LogP contribution in [0.5, 0.6) is 0 Å². The van der Waals surface area contributed by atoms with E-state index in [4.69, 9.17) is 0 Å². The molecule has 0 radical (unpaired) electrons. The van der Waals surface area contributed by atoms with Gasteiger partial charge >= 0.3 is 0 Å². The normalized spacial score (nSPS) is 12.5. The van der Waals surface area contributed by atoms with Crippen molar-refractivity contribution in [2.45, 2.75) is 26.4 Å². The van der Waals surface area contributed by atoms with Crippen molar-refractivity contribution in [1.82, 2.24) is 14.8 Å².